The lowest BCUT2D eigenvalue weighted by Gasteiger charge is -2.22. The standard InChI is InChI=1S/C16H13F5NO4PS/c1-8(16(23)25-2)22-27(24,26-9-6-4-3-5-7-9)28-15-13(20)11(18)10(17)12(19)14(15)21/h3-8H,1-2H3,(H,22,24)/t8-,27-/m0/s1. The molecule has 0 aliphatic rings. The Balaban J connectivity index is 2.48. The molecule has 0 saturated heterocycles. The predicted octanol–water partition coefficient (Wildman–Crippen LogP) is 4.81. The van der Waals surface area contributed by atoms with Crippen molar-refractivity contribution in [1.82, 2.24) is 5.09 Å². The summed E-state index contributed by atoms with van der Waals surface area (Å²) >= 11 is -0.250. The second-order valence-corrected chi connectivity index (χ2v) is 9.28. The number of carbonyl (C=O) groups is 1. The van der Waals surface area contributed by atoms with Crippen LogP contribution in [-0.2, 0) is 14.1 Å². The summed E-state index contributed by atoms with van der Waals surface area (Å²) in [4.78, 5) is 10.2. The summed E-state index contributed by atoms with van der Waals surface area (Å²) in [5, 5.41) is 2.20. The van der Waals surface area contributed by atoms with Gasteiger partial charge >= 0.3 is 12.7 Å². The lowest BCUT2D eigenvalue weighted by molar-refractivity contribution is -0.142. The number of hydrogen-bond acceptors (Lipinski definition) is 5. The number of para-hydroxylation sites is 1. The van der Waals surface area contributed by atoms with E-state index in [2.05, 4.69) is 9.82 Å². The maximum Gasteiger partial charge on any atom is 0.379 e. The van der Waals surface area contributed by atoms with Crippen LogP contribution in [0.2, 0.25) is 0 Å². The maximum absolute atomic E-state index is 14.0. The van der Waals surface area contributed by atoms with Gasteiger partial charge in [0.2, 0.25) is 5.82 Å². The van der Waals surface area contributed by atoms with Crippen LogP contribution in [0.25, 0.3) is 0 Å². The topological polar surface area (TPSA) is 64.6 Å². The molecular weight excluding hydrogens is 428 g/mol. The number of nitrogens with one attached hydrogen (secondary N) is 1. The van der Waals surface area contributed by atoms with Crippen molar-refractivity contribution in [1.29, 1.82) is 0 Å². The summed E-state index contributed by atoms with van der Waals surface area (Å²) in [5.41, 5.74) is 0. The van der Waals surface area contributed by atoms with Crippen molar-refractivity contribution in [2.45, 2.75) is 17.9 Å². The van der Waals surface area contributed by atoms with Gasteiger partial charge in [-0.2, -0.15) is 0 Å². The number of methoxy groups -OCH3 is 1. The van der Waals surface area contributed by atoms with Gasteiger partial charge in [-0.05, 0) is 19.1 Å². The minimum atomic E-state index is -4.46. The van der Waals surface area contributed by atoms with Gasteiger partial charge in [0.15, 0.2) is 23.3 Å². The monoisotopic (exact) mass is 441 g/mol. The maximum atomic E-state index is 14.0. The Hall–Kier alpha value is -2.10. The van der Waals surface area contributed by atoms with Crippen LogP contribution in [0.4, 0.5) is 22.0 Å². The molecule has 0 aromatic heterocycles. The fourth-order valence-electron chi connectivity index (χ4n) is 1.94. The average molecular weight is 441 g/mol. The van der Waals surface area contributed by atoms with Gasteiger partial charge < -0.3 is 9.26 Å². The van der Waals surface area contributed by atoms with Crippen LogP contribution >= 0.6 is 18.1 Å². The zero-order chi connectivity index (χ0) is 21.1. The summed E-state index contributed by atoms with van der Waals surface area (Å²) in [6.07, 6.45) is 0. The lowest BCUT2D eigenvalue weighted by Crippen LogP contribution is -2.33. The quantitative estimate of drug-likeness (QED) is 0.219. The number of ether oxygens (including phenoxy) is 1. The number of rotatable bonds is 7. The van der Waals surface area contributed by atoms with Crippen LogP contribution < -0.4 is 9.61 Å². The van der Waals surface area contributed by atoms with Crippen molar-refractivity contribution in [2.75, 3.05) is 7.11 Å². The number of hydrogen-bond donors (Lipinski definition) is 1. The van der Waals surface area contributed by atoms with Crippen molar-refractivity contribution in [3.63, 3.8) is 0 Å². The molecule has 0 spiro atoms. The zero-order valence-electron chi connectivity index (χ0n) is 14.3. The average Bonchev–Trinajstić information content (AvgIpc) is 2.68. The molecule has 28 heavy (non-hydrogen) atoms. The summed E-state index contributed by atoms with van der Waals surface area (Å²) < 4.78 is 90.9. The Kier molecular flexibility index (Phi) is 7.08. The van der Waals surface area contributed by atoms with E-state index in [1.54, 1.807) is 6.07 Å². The SMILES string of the molecule is COC(=O)[C@H](C)N[P@](=O)(Oc1ccccc1)Sc1c(F)c(F)c(F)c(F)c1F. The van der Waals surface area contributed by atoms with Crippen LogP contribution in [0.1, 0.15) is 6.92 Å². The third-order valence-electron chi connectivity index (χ3n) is 3.26. The Morgan fingerprint density at radius 1 is 1.00 bits per heavy atom. The van der Waals surface area contributed by atoms with E-state index in [1.165, 1.54) is 31.2 Å². The Labute approximate surface area is 160 Å². The van der Waals surface area contributed by atoms with E-state index < -0.39 is 52.7 Å². The molecular formula is C16H13F5NO4PS. The summed E-state index contributed by atoms with van der Waals surface area (Å²) in [5.74, 6) is -12.0. The molecule has 0 radical (unpaired) electrons. The van der Waals surface area contributed by atoms with Crippen LogP contribution in [0.5, 0.6) is 5.75 Å². The highest BCUT2D eigenvalue weighted by atomic mass is 32.7. The molecule has 152 valence electrons. The number of halogens is 5. The van der Waals surface area contributed by atoms with Gasteiger partial charge in [-0.1, -0.05) is 18.2 Å². The van der Waals surface area contributed by atoms with E-state index in [4.69, 9.17) is 4.52 Å². The first kappa shape index (κ1) is 22.2. The number of benzene rings is 2. The van der Waals surface area contributed by atoms with Gasteiger partial charge in [0, 0.05) is 11.4 Å². The van der Waals surface area contributed by atoms with E-state index in [9.17, 15) is 31.3 Å². The van der Waals surface area contributed by atoms with Gasteiger partial charge in [-0.3, -0.25) is 4.79 Å². The van der Waals surface area contributed by atoms with E-state index in [-0.39, 0.29) is 17.1 Å². The smallest absolute Gasteiger partial charge is 0.379 e. The highest BCUT2D eigenvalue weighted by Gasteiger charge is 2.37. The van der Waals surface area contributed by atoms with Crippen LogP contribution in [0.3, 0.4) is 0 Å². The van der Waals surface area contributed by atoms with Gasteiger partial charge in [0.25, 0.3) is 0 Å². The van der Waals surface area contributed by atoms with E-state index in [0.29, 0.717) is 0 Å². The van der Waals surface area contributed by atoms with E-state index in [1.807, 2.05) is 0 Å². The second-order valence-electron chi connectivity index (χ2n) is 5.27. The third kappa shape index (κ3) is 4.84. The molecule has 0 unspecified atom stereocenters. The molecule has 0 amide bonds. The minimum absolute atomic E-state index is 0.0354. The Morgan fingerprint density at radius 3 is 2.00 bits per heavy atom. The molecule has 0 saturated carbocycles. The molecule has 2 aromatic rings. The molecule has 12 heteroatoms. The summed E-state index contributed by atoms with van der Waals surface area (Å²) in [6.45, 7) is -3.25. The molecule has 2 rings (SSSR count). The molecule has 2 aromatic carbocycles. The first-order chi connectivity index (χ1) is 13.1. The van der Waals surface area contributed by atoms with E-state index >= 15 is 0 Å². The number of esters is 1. The Bertz CT molecular complexity index is 902. The van der Waals surface area contributed by atoms with Crippen LogP contribution in [-0.4, -0.2) is 19.1 Å². The predicted molar refractivity (Wildman–Crippen MR) is 91.4 cm³/mol. The normalized spacial score (nSPS) is 14.2. The zero-order valence-corrected chi connectivity index (χ0v) is 16.1. The van der Waals surface area contributed by atoms with Crippen molar-refractivity contribution < 1.29 is 40.6 Å². The van der Waals surface area contributed by atoms with E-state index in [0.717, 1.165) is 7.11 Å². The van der Waals surface area contributed by atoms with Gasteiger partial charge in [-0.15, -0.1) is 0 Å². The van der Waals surface area contributed by atoms with Crippen LogP contribution in [0.15, 0.2) is 35.2 Å². The fourth-order valence-corrected chi connectivity index (χ4v) is 5.85. The third-order valence-corrected chi connectivity index (χ3v) is 7.00. The van der Waals surface area contributed by atoms with Crippen molar-refractivity contribution in [3.8, 4) is 5.75 Å². The van der Waals surface area contributed by atoms with Crippen molar-refractivity contribution in [2.24, 2.45) is 0 Å². The molecule has 0 aliphatic heterocycles. The molecule has 0 fully saturated rings. The van der Waals surface area contributed by atoms with Gasteiger partial charge in [-0.25, -0.2) is 31.6 Å². The molecule has 0 aliphatic carbocycles. The highest BCUT2D eigenvalue weighted by molar-refractivity contribution is 8.56. The lowest BCUT2D eigenvalue weighted by atomic mass is 10.3. The first-order valence-corrected chi connectivity index (χ1v) is 10.6. The minimum Gasteiger partial charge on any atom is -0.468 e. The van der Waals surface area contributed by atoms with Crippen LogP contribution in [0, 0.1) is 29.1 Å². The molecule has 2 atom stereocenters. The van der Waals surface area contributed by atoms with Gasteiger partial charge in [0.1, 0.15) is 11.8 Å². The van der Waals surface area contributed by atoms with Crippen molar-refractivity contribution >= 4 is 24.1 Å². The summed E-state index contributed by atoms with van der Waals surface area (Å²) in [7, 11) is 1.04. The largest absolute Gasteiger partial charge is 0.468 e. The highest BCUT2D eigenvalue weighted by Crippen LogP contribution is 2.60. The first-order valence-electron chi connectivity index (χ1n) is 7.51. The molecule has 0 heterocycles. The number of carbonyl (C=O) groups excluding carboxylic acids is 1. The molecule has 0 bridgehead atoms. The summed E-state index contributed by atoms with van der Waals surface area (Å²) in [6, 6.07) is 5.98. The van der Waals surface area contributed by atoms with Crippen molar-refractivity contribution in [3.05, 3.63) is 59.4 Å². The molecule has 5 nitrogen and oxygen atoms in total. The molecule has 1 N–H and O–H groups in total. The van der Waals surface area contributed by atoms with Gasteiger partial charge in [0.05, 0.1) is 12.0 Å². The Morgan fingerprint density at radius 2 is 1.50 bits per heavy atom. The fraction of sp³-hybridized carbons (Fsp3) is 0.188. The second kappa shape index (κ2) is 8.93.